The molecule has 4 heteroatoms. The Morgan fingerprint density at radius 1 is 1.21 bits per heavy atom. The zero-order chi connectivity index (χ0) is 14.3. The Morgan fingerprint density at radius 2 is 1.95 bits per heavy atom. The molecule has 0 atom stereocenters. The second-order valence-corrected chi connectivity index (χ2v) is 4.77. The topological polar surface area (TPSA) is 44.8 Å². The Kier molecular flexibility index (Phi) is 6.19. The van der Waals surface area contributed by atoms with Crippen molar-refractivity contribution in [1.29, 1.82) is 0 Å². The van der Waals surface area contributed by atoms with Crippen LogP contribution in [0.1, 0.15) is 32.3 Å². The normalized spacial score (nSPS) is 10.4. The van der Waals surface area contributed by atoms with Crippen LogP contribution in [0.15, 0.2) is 18.2 Å². The van der Waals surface area contributed by atoms with Gasteiger partial charge in [0.2, 0.25) is 0 Å². The molecule has 4 nitrogen and oxygen atoms in total. The van der Waals surface area contributed by atoms with E-state index in [9.17, 15) is 4.79 Å². The molecule has 0 amide bonds. The van der Waals surface area contributed by atoms with Crippen LogP contribution in [0.25, 0.3) is 0 Å². The standard InChI is InChI=1S/C15H22O4/c1-11(2)5-8-15(16)19-10-12-9-13(17-3)6-7-14(12)18-4/h6-7,9,11H,5,8,10H2,1-4H3. The second-order valence-electron chi connectivity index (χ2n) is 4.77. The lowest BCUT2D eigenvalue weighted by molar-refractivity contribution is -0.145. The van der Waals surface area contributed by atoms with Crippen molar-refractivity contribution in [3.63, 3.8) is 0 Å². The highest BCUT2D eigenvalue weighted by molar-refractivity contribution is 5.69. The van der Waals surface area contributed by atoms with Gasteiger partial charge in [0.05, 0.1) is 14.2 Å². The van der Waals surface area contributed by atoms with Gasteiger partial charge in [-0.25, -0.2) is 0 Å². The molecule has 0 heterocycles. The Morgan fingerprint density at radius 3 is 2.53 bits per heavy atom. The lowest BCUT2D eigenvalue weighted by Crippen LogP contribution is -2.06. The quantitative estimate of drug-likeness (QED) is 0.711. The minimum absolute atomic E-state index is 0.182. The van der Waals surface area contributed by atoms with Gasteiger partial charge in [0.25, 0.3) is 0 Å². The number of hydrogen-bond donors (Lipinski definition) is 0. The SMILES string of the molecule is COc1ccc(OC)c(COC(=O)CCC(C)C)c1. The average Bonchev–Trinajstić information content (AvgIpc) is 2.42. The summed E-state index contributed by atoms with van der Waals surface area (Å²) in [7, 11) is 3.19. The summed E-state index contributed by atoms with van der Waals surface area (Å²) in [4.78, 5) is 11.6. The monoisotopic (exact) mass is 266 g/mol. The fourth-order valence-corrected chi connectivity index (χ4v) is 1.63. The molecule has 0 bridgehead atoms. The zero-order valence-corrected chi connectivity index (χ0v) is 12.1. The molecule has 106 valence electrons. The second kappa shape index (κ2) is 7.67. The minimum Gasteiger partial charge on any atom is -0.497 e. The summed E-state index contributed by atoms with van der Waals surface area (Å²) in [5, 5.41) is 0. The van der Waals surface area contributed by atoms with Gasteiger partial charge in [-0.15, -0.1) is 0 Å². The van der Waals surface area contributed by atoms with Crippen LogP contribution in [0.2, 0.25) is 0 Å². The van der Waals surface area contributed by atoms with Gasteiger partial charge >= 0.3 is 5.97 Å². The van der Waals surface area contributed by atoms with Crippen LogP contribution < -0.4 is 9.47 Å². The number of carbonyl (C=O) groups is 1. The van der Waals surface area contributed by atoms with Crippen LogP contribution in [0, 0.1) is 5.92 Å². The van der Waals surface area contributed by atoms with Crippen molar-refractivity contribution in [2.45, 2.75) is 33.3 Å². The van der Waals surface area contributed by atoms with E-state index in [1.54, 1.807) is 20.3 Å². The molecular weight excluding hydrogens is 244 g/mol. The summed E-state index contributed by atoms with van der Waals surface area (Å²) in [6, 6.07) is 5.42. The molecule has 1 rings (SSSR count). The highest BCUT2D eigenvalue weighted by Crippen LogP contribution is 2.24. The van der Waals surface area contributed by atoms with Crippen molar-refractivity contribution in [3.05, 3.63) is 23.8 Å². The molecule has 0 fully saturated rings. The molecule has 1 aromatic carbocycles. The van der Waals surface area contributed by atoms with E-state index in [1.807, 2.05) is 12.1 Å². The molecule has 0 unspecified atom stereocenters. The number of hydrogen-bond acceptors (Lipinski definition) is 4. The molecule has 0 radical (unpaired) electrons. The Hall–Kier alpha value is -1.71. The lowest BCUT2D eigenvalue weighted by Gasteiger charge is -2.11. The van der Waals surface area contributed by atoms with Crippen molar-refractivity contribution in [3.8, 4) is 11.5 Å². The fourth-order valence-electron chi connectivity index (χ4n) is 1.63. The van der Waals surface area contributed by atoms with Gasteiger partial charge < -0.3 is 14.2 Å². The molecule has 1 aromatic rings. The van der Waals surface area contributed by atoms with Gasteiger partial charge in [0, 0.05) is 12.0 Å². The molecule has 0 aliphatic rings. The van der Waals surface area contributed by atoms with Gasteiger partial charge in [-0.05, 0) is 30.5 Å². The number of benzene rings is 1. The van der Waals surface area contributed by atoms with Crippen LogP contribution in [0.5, 0.6) is 11.5 Å². The van der Waals surface area contributed by atoms with Gasteiger partial charge in [0.1, 0.15) is 18.1 Å². The third kappa shape index (κ3) is 5.20. The maximum absolute atomic E-state index is 11.6. The maximum Gasteiger partial charge on any atom is 0.306 e. The van der Waals surface area contributed by atoms with Crippen molar-refractivity contribution in [2.24, 2.45) is 5.92 Å². The summed E-state index contributed by atoms with van der Waals surface area (Å²) in [6.07, 6.45) is 1.29. The van der Waals surface area contributed by atoms with E-state index in [4.69, 9.17) is 14.2 Å². The molecule has 0 aliphatic heterocycles. The number of methoxy groups -OCH3 is 2. The predicted molar refractivity (Wildman–Crippen MR) is 73.4 cm³/mol. The van der Waals surface area contributed by atoms with Gasteiger partial charge in [-0.3, -0.25) is 4.79 Å². The number of ether oxygens (including phenoxy) is 3. The summed E-state index contributed by atoms with van der Waals surface area (Å²) in [6.45, 7) is 4.37. The number of esters is 1. The van der Waals surface area contributed by atoms with E-state index < -0.39 is 0 Å². The van der Waals surface area contributed by atoms with Crippen molar-refractivity contribution in [2.75, 3.05) is 14.2 Å². The average molecular weight is 266 g/mol. The van der Waals surface area contributed by atoms with Crippen molar-refractivity contribution in [1.82, 2.24) is 0 Å². The summed E-state index contributed by atoms with van der Waals surface area (Å²) in [5.74, 6) is 1.73. The van der Waals surface area contributed by atoms with Gasteiger partial charge in [-0.2, -0.15) is 0 Å². The highest BCUT2D eigenvalue weighted by atomic mass is 16.5. The first-order chi connectivity index (χ1) is 9.06. The van der Waals surface area contributed by atoms with Gasteiger partial charge in [0.15, 0.2) is 0 Å². The van der Waals surface area contributed by atoms with Crippen molar-refractivity contribution < 1.29 is 19.0 Å². The van der Waals surface area contributed by atoms with Gasteiger partial charge in [-0.1, -0.05) is 13.8 Å². The van der Waals surface area contributed by atoms with E-state index in [0.29, 0.717) is 23.8 Å². The maximum atomic E-state index is 11.6. The first-order valence-corrected chi connectivity index (χ1v) is 6.43. The van der Waals surface area contributed by atoms with Crippen LogP contribution in [0.3, 0.4) is 0 Å². The van der Waals surface area contributed by atoms with E-state index in [-0.39, 0.29) is 12.6 Å². The fraction of sp³-hybridized carbons (Fsp3) is 0.533. The molecule has 0 aromatic heterocycles. The molecule has 0 N–H and O–H groups in total. The first kappa shape index (κ1) is 15.3. The molecular formula is C15H22O4. The molecule has 0 aliphatic carbocycles. The van der Waals surface area contributed by atoms with E-state index in [2.05, 4.69) is 13.8 Å². The number of carbonyl (C=O) groups excluding carboxylic acids is 1. The first-order valence-electron chi connectivity index (χ1n) is 6.43. The van der Waals surface area contributed by atoms with E-state index in [1.165, 1.54) is 0 Å². The predicted octanol–water partition coefficient (Wildman–Crippen LogP) is 3.18. The Balaban J connectivity index is 2.58. The van der Waals surface area contributed by atoms with E-state index in [0.717, 1.165) is 12.0 Å². The molecule has 0 spiro atoms. The minimum atomic E-state index is -0.182. The zero-order valence-electron chi connectivity index (χ0n) is 12.1. The van der Waals surface area contributed by atoms with Crippen LogP contribution in [-0.2, 0) is 16.1 Å². The van der Waals surface area contributed by atoms with E-state index >= 15 is 0 Å². The largest absolute Gasteiger partial charge is 0.497 e. The van der Waals surface area contributed by atoms with Crippen LogP contribution >= 0.6 is 0 Å². The Bertz CT molecular complexity index is 413. The third-order valence-electron chi connectivity index (χ3n) is 2.80. The van der Waals surface area contributed by atoms with Crippen LogP contribution in [-0.4, -0.2) is 20.2 Å². The van der Waals surface area contributed by atoms with Crippen molar-refractivity contribution >= 4 is 5.97 Å². The molecule has 0 saturated carbocycles. The molecule has 19 heavy (non-hydrogen) atoms. The number of rotatable bonds is 7. The molecule has 0 saturated heterocycles. The summed E-state index contributed by atoms with van der Waals surface area (Å²) < 4.78 is 15.6. The third-order valence-corrected chi connectivity index (χ3v) is 2.80. The summed E-state index contributed by atoms with van der Waals surface area (Å²) in [5.41, 5.74) is 0.805. The smallest absolute Gasteiger partial charge is 0.306 e. The Labute approximate surface area is 114 Å². The lowest BCUT2D eigenvalue weighted by atomic mass is 10.1. The summed E-state index contributed by atoms with van der Waals surface area (Å²) >= 11 is 0. The highest BCUT2D eigenvalue weighted by Gasteiger charge is 2.09. The van der Waals surface area contributed by atoms with Crippen LogP contribution in [0.4, 0.5) is 0 Å².